The van der Waals surface area contributed by atoms with E-state index in [1.54, 1.807) is 6.07 Å². The van der Waals surface area contributed by atoms with Gasteiger partial charge in [0.15, 0.2) is 0 Å². The highest BCUT2D eigenvalue weighted by molar-refractivity contribution is 5.55. The van der Waals surface area contributed by atoms with Crippen LogP contribution in [0, 0.1) is 0 Å². The van der Waals surface area contributed by atoms with Crippen molar-refractivity contribution in [2.24, 2.45) is 0 Å². The van der Waals surface area contributed by atoms with E-state index in [1.807, 2.05) is 36.4 Å². The van der Waals surface area contributed by atoms with E-state index in [0.29, 0.717) is 36.1 Å². The molecular weight excluding hydrogens is 276 g/mol. The van der Waals surface area contributed by atoms with Gasteiger partial charge in [0.2, 0.25) is 0 Å². The topological polar surface area (TPSA) is 70.5 Å². The Balaban J connectivity index is 1.89. The molecule has 0 unspecified atom stereocenters. The highest BCUT2D eigenvalue weighted by Crippen LogP contribution is 2.29. The fourth-order valence-corrected chi connectivity index (χ4v) is 2.06. The predicted molar refractivity (Wildman–Crippen MR) is 91.4 cm³/mol. The van der Waals surface area contributed by atoms with Crippen LogP contribution in [0.4, 0.5) is 11.4 Å². The molecule has 0 aliphatic rings. The lowest BCUT2D eigenvalue weighted by Crippen LogP contribution is -2.13. The van der Waals surface area contributed by atoms with Crippen molar-refractivity contribution >= 4 is 11.4 Å². The van der Waals surface area contributed by atoms with E-state index < -0.39 is 0 Å². The Kier molecular flexibility index (Phi) is 4.81. The molecule has 118 valence electrons. The van der Waals surface area contributed by atoms with E-state index in [1.165, 1.54) is 5.56 Å². The summed E-state index contributed by atoms with van der Waals surface area (Å²) in [6.07, 6.45) is 0. The van der Waals surface area contributed by atoms with Gasteiger partial charge in [0.1, 0.15) is 24.7 Å². The van der Waals surface area contributed by atoms with Gasteiger partial charge in [-0.25, -0.2) is 0 Å². The minimum atomic E-state index is 0.0700. The second kappa shape index (κ2) is 6.60. The quantitative estimate of drug-likeness (QED) is 0.653. The zero-order valence-electron chi connectivity index (χ0n) is 13.4. The predicted octanol–water partition coefficient (Wildman–Crippen LogP) is 3.61. The maximum Gasteiger partial charge on any atom is 0.142 e. The van der Waals surface area contributed by atoms with Gasteiger partial charge in [-0.15, -0.1) is 0 Å². The van der Waals surface area contributed by atoms with Crippen LogP contribution in [0.15, 0.2) is 42.5 Å². The average molecular weight is 300 g/mol. The van der Waals surface area contributed by atoms with Crippen molar-refractivity contribution in [1.29, 1.82) is 0 Å². The number of rotatable bonds is 5. The zero-order valence-corrected chi connectivity index (χ0v) is 13.4. The van der Waals surface area contributed by atoms with Gasteiger partial charge in [0.05, 0.1) is 11.4 Å². The van der Waals surface area contributed by atoms with Crippen molar-refractivity contribution in [3.05, 3.63) is 48.0 Å². The Bertz CT molecular complexity index is 633. The molecule has 0 spiro atoms. The fraction of sp³-hybridized carbons (Fsp3) is 0.333. The number of hydrogen-bond donors (Lipinski definition) is 2. The molecule has 4 nitrogen and oxygen atoms in total. The Hall–Kier alpha value is -2.36. The molecule has 0 radical (unpaired) electrons. The van der Waals surface area contributed by atoms with E-state index >= 15 is 0 Å². The van der Waals surface area contributed by atoms with Crippen LogP contribution < -0.4 is 20.9 Å². The van der Waals surface area contributed by atoms with Gasteiger partial charge in [0.25, 0.3) is 0 Å². The molecule has 4 heteroatoms. The maximum absolute atomic E-state index is 6.05. The van der Waals surface area contributed by atoms with Crippen molar-refractivity contribution in [3.63, 3.8) is 0 Å². The number of hydrogen-bond acceptors (Lipinski definition) is 4. The standard InChI is InChI=1S/C18H24N2O2/c1-18(2,3)13-8-9-17(15(20)12-13)22-11-10-21-16-7-5-4-6-14(16)19/h4-9,12H,10-11,19-20H2,1-3H3. The summed E-state index contributed by atoms with van der Waals surface area (Å²) < 4.78 is 11.3. The molecule has 4 N–H and O–H groups in total. The Morgan fingerprint density at radius 1 is 0.818 bits per heavy atom. The molecule has 2 rings (SSSR count). The van der Waals surface area contributed by atoms with Crippen molar-refractivity contribution < 1.29 is 9.47 Å². The first-order valence-electron chi connectivity index (χ1n) is 7.38. The van der Waals surface area contributed by atoms with Crippen LogP contribution in [-0.4, -0.2) is 13.2 Å². The molecule has 2 aromatic rings. The number of ether oxygens (including phenoxy) is 2. The molecule has 0 fully saturated rings. The summed E-state index contributed by atoms with van der Waals surface area (Å²) in [4.78, 5) is 0. The van der Waals surface area contributed by atoms with Crippen LogP contribution in [0.1, 0.15) is 26.3 Å². The molecule has 0 aromatic heterocycles. The zero-order chi connectivity index (χ0) is 16.2. The molecule has 0 bridgehead atoms. The molecule has 0 heterocycles. The Morgan fingerprint density at radius 2 is 1.41 bits per heavy atom. The summed E-state index contributed by atoms with van der Waals surface area (Å²) in [5.41, 5.74) is 14.4. The van der Waals surface area contributed by atoms with Gasteiger partial charge in [0, 0.05) is 0 Å². The van der Waals surface area contributed by atoms with E-state index in [9.17, 15) is 0 Å². The van der Waals surface area contributed by atoms with E-state index in [0.717, 1.165) is 0 Å². The van der Waals surface area contributed by atoms with E-state index in [-0.39, 0.29) is 5.41 Å². The number of benzene rings is 2. The van der Waals surface area contributed by atoms with Crippen LogP contribution in [0.5, 0.6) is 11.5 Å². The first-order chi connectivity index (χ1) is 10.4. The van der Waals surface area contributed by atoms with Gasteiger partial charge in [-0.1, -0.05) is 39.0 Å². The molecule has 0 saturated heterocycles. The molecule has 2 aromatic carbocycles. The summed E-state index contributed by atoms with van der Waals surface area (Å²) in [7, 11) is 0. The van der Waals surface area contributed by atoms with Gasteiger partial charge in [-0.3, -0.25) is 0 Å². The van der Waals surface area contributed by atoms with Gasteiger partial charge in [-0.05, 0) is 35.2 Å². The summed E-state index contributed by atoms with van der Waals surface area (Å²) >= 11 is 0. The molecule has 0 aliphatic heterocycles. The SMILES string of the molecule is CC(C)(C)c1ccc(OCCOc2ccccc2N)c(N)c1. The highest BCUT2D eigenvalue weighted by Gasteiger charge is 2.15. The average Bonchev–Trinajstić information content (AvgIpc) is 2.45. The minimum absolute atomic E-state index is 0.0700. The highest BCUT2D eigenvalue weighted by atomic mass is 16.5. The van der Waals surface area contributed by atoms with Crippen LogP contribution in [0.2, 0.25) is 0 Å². The Labute approximate surface area is 132 Å². The lowest BCUT2D eigenvalue weighted by atomic mass is 9.87. The fourth-order valence-electron chi connectivity index (χ4n) is 2.06. The first-order valence-corrected chi connectivity index (χ1v) is 7.38. The second-order valence-corrected chi connectivity index (χ2v) is 6.24. The lowest BCUT2D eigenvalue weighted by molar-refractivity contribution is 0.218. The summed E-state index contributed by atoms with van der Waals surface area (Å²) in [5, 5.41) is 0. The molecule has 0 aliphatic carbocycles. The van der Waals surface area contributed by atoms with Gasteiger partial charge >= 0.3 is 0 Å². The molecular formula is C18H24N2O2. The summed E-state index contributed by atoms with van der Waals surface area (Å²) in [6.45, 7) is 7.28. The van der Waals surface area contributed by atoms with Crippen LogP contribution >= 0.6 is 0 Å². The minimum Gasteiger partial charge on any atom is -0.488 e. The van der Waals surface area contributed by atoms with Crippen molar-refractivity contribution in [3.8, 4) is 11.5 Å². The van der Waals surface area contributed by atoms with Gasteiger partial charge in [-0.2, -0.15) is 0 Å². The number of para-hydroxylation sites is 2. The molecule has 22 heavy (non-hydrogen) atoms. The molecule has 0 atom stereocenters. The van der Waals surface area contributed by atoms with E-state index in [2.05, 4.69) is 20.8 Å². The van der Waals surface area contributed by atoms with Crippen molar-refractivity contribution in [2.75, 3.05) is 24.7 Å². The summed E-state index contributed by atoms with van der Waals surface area (Å²) in [6, 6.07) is 13.3. The number of nitrogens with two attached hydrogens (primary N) is 2. The number of nitrogen functional groups attached to an aromatic ring is 2. The first kappa shape index (κ1) is 16.0. The third-order valence-corrected chi connectivity index (χ3v) is 3.39. The molecule has 0 saturated carbocycles. The number of anilines is 2. The van der Waals surface area contributed by atoms with Crippen LogP contribution in [-0.2, 0) is 5.41 Å². The van der Waals surface area contributed by atoms with Crippen molar-refractivity contribution in [2.45, 2.75) is 26.2 Å². The van der Waals surface area contributed by atoms with Crippen molar-refractivity contribution in [1.82, 2.24) is 0 Å². The third-order valence-electron chi connectivity index (χ3n) is 3.39. The van der Waals surface area contributed by atoms with E-state index in [4.69, 9.17) is 20.9 Å². The normalized spacial score (nSPS) is 11.2. The smallest absolute Gasteiger partial charge is 0.142 e. The monoisotopic (exact) mass is 300 g/mol. The third kappa shape index (κ3) is 4.07. The maximum atomic E-state index is 6.05. The van der Waals surface area contributed by atoms with Crippen LogP contribution in [0.25, 0.3) is 0 Å². The Morgan fingerprint density at radius 3 is 1.95 bits per heavy atom. The lowest BCUT2D eigenvalue weighted by Gasteiger charge is -2.20. The molecule has 0 amide bonds. The van der Waals surface area contributed by atoms with Gasteiger partial charge < -0.3 is 20.9 Å². The largest absolute Gasteiger partial charge is 0.488 e. The second-order valence-electron chi connectivity index (χ2n) is 6.24. The summed E-state index contributed by atoms with van der Waals surface area (Å²) in [5.74, 6) is 1.35. The van der Waals surface area contributed by atoms with Crippen LogP contribution in [0.3, 0.4) is 0 Å².